The van der Waals surface area contributed by atoms with E-state index in [1.165, 1.54) is 0 Å². The largest absolute Gasteiger partial charge is 0.497 e. The third kappa shape index (κ3) is 5.10. The molecule has 1 saturated heterocycles. The number of nitrogens with zero attached hydrogens (tertiary/aromatic N) is 3. The zero-order chi connectivity index (χ0) is 21.9. The molecular formula is C19H23F3N4O4. The average molecular weight is 428 g/mol. The first-order valence-electron chi connectivity index (χ1n) is 9.17. The standard InChI is InChI=1S/C19H23F3N4O4/c1-26(11-4-3-5-12(6-11)29-2)9-14-18(28)17(27)13(10-30-14)24-16-8-23-7-15(25-16)19(20,21)22/h3-8,13-14,17-18,27-28H,9-10H2,1-2H3,(H,24,25). The molecule has 1 aliphatic heterocycles. The van der Waals surface area contributed by atoms with Crippen molar-refractivity contribution in [3.8, 4) is 5.75 Å². The predicted molar refractivity (Wildman–Crippen MR) is 102 cm³/mol. The molecule has 0 radical (unpaired) electrons. The minimum absolute atomic E-state index is 0.0350. The second-order valence-corrected chi connectivity index (χ2v) is 6.97. The van der Waals surface area contributed by atoms with Crippen molar-refractivity contribution >= 4 is 11.5 Å². The van der Waals surface area contributed by atoms with Crippen LogP contribution < -0.4 is 15.0 Å². The van der Waals surface area contributed by atoms with Crippen LogP contribution >= 0.6 is 0 Å². The van der Waals surface area contributed by atoms with Crippen LogP contribution in [0, 0.1) is 0 Å². The van der Waals surface area contributed by atoms with Crippen molar-refractivity contribution in [1.29, 1.82) is 0 Å². The molecule has 3 rings (SSSR count). The highest BCUT2D eigenvalue weighted by Gasteiger charge is 2.39. The number of ether oxygens (including phenoxy) is 2. The van der Waals surface area contributed by atoms with Crippen LogP contribution in [0.1, 0.15) is 5.69 Å². The minimum Gasteiger partial charge on any atom is -0.497 e. The molecule has 1 aliphatic rings. The van der Waals surface area contributed by atoms with Gasteiger partial charge < -0.3 is 29.9 Å². The maximum atomic E-state index is 12.8. The number of aromatic nitrogens is 2. The zero-order valence-electron chi connectivity index (χ0n) is 16.4. The van der Waals surface area contributed by atoms with E-state index in [0.29, 0.717) is 11.9 Å². The predicted octanol–water partition coefficient (Wildman–Crippen LogP) is 1.54. The van der Waals surface area contributed by atoms with Crippen molar-refractivity contribution in [2.24, 2.45) is 0 Å². The van der Waals surface area contributed by atoms with E-state index >= 15 is 0 Å². The number of aliphatic hydroxyl groups excluding tert-OH is 2. The summed E-state index contributed by atoms with van der Waals surface area (Å²) in [5, 5.41) is 23.6. The van der Waals surface area contributed by atoms with Gasteiger partial charge in [0.15, 0.2) is 5.69 Å². The summed E-state index contributed by atoms with van der Waals surface area (Å²) in [6.07, 6.45) is -6.17. The Morgan fingerprint density at radius 1 is 1.27 bits per heavy atom. The van der Waals surface area contributed by atoms with Crippen LogP contribution in [0.2, 0.25) is 0 Å². The Balaban J connectivity index is 1.62. The number of benzene rings is 1. The number of anilines is 2. The lowest BCUT2D eigenvalue weighted by molar-refractivity contribution is -0.141. The van der Waals surface area contributed by atoms with E-state index in [1.807, 2.05) is 23.1 Å². The van der Waals surface area contributed by atoms with Gasteiger partial charge in [-0.25, -0.2) is 4.98 Å². The molecule has 11 heteroatoms. The van der Waals surface area contributed by atoms with Gasteiger partial charge in [0.2, 0.25) is 0 Å². The molecule has 1 fully saturated rings. The van der Waals surface area contributed by atoms with Gasteiger partial charge >= 0.3 is 6.18 Å². The lowest BCUT2D eigenvalue weighted by Crippen LogP contribution is -2.58. The number of alkyl halides is 3. The molecule has 0 spiro atoms. The summed E-state index contributed by atoms with van der Waals surface area (Å²) in [7, 11) is 3.37. The minimum atomic E-state index is -4.64. The second kappa shape index (κ2) is 9.02. The quantitative estimate of drug-likeness (QED) is 0.637. The van der Waals surface area contributed by atoms with Gasteiger partial charge in [0.25, 0.3) is 0 Å². The van der Waals surface area contributed by atoms with Crippen LogP contribution in [0.25, 0.3) is 0 Å². The summed E-state index contributed by atoms with van der Waals surface area (Å²) in [6.45, 7) is 0.244. The van der Waals surface area contributed by atoms with Gasteiger partial charge in [-0.3, -0.25) is 4.98 Å². The Hall–Kier alpha value is -2.63. The number of methoxy groups -OCH3 is 1. The molecule has 2 aromatic rings. The molecule has 0 amide bonds. The van der Waals surface area contributed by atoms with Crippen molar-refractivity contribution in [2.75, 3.05) is 37.5 Å². The summed E-state index contributed by atoms with van der Waals surface area (Å²) in [5.74, 6) is 0.507. The topological polar surface area (TPSA) is 100.0 Å². The Bertz CT molecular complexity index is 855. The average Bonchev–Trinajstić information content (AvgIpc) is 2.73. The SMILES string of the molecule is COc1cccc(N(C)CC2OCC(Nc3cncc(C(F)(F)F)n3)C(O)C2O)c1. The smallest absolute Gasteiger partial charge is 0.434 e. The van der Waals surface area contributed by atoms with Crippen LogP contribution in [0.4, 0.5) is 24.7 Å². The molecule has 0 bridgehead atoms. The maximum absolute atomic E-state index is 12.8. The number of rotatable bonds is 6. The molecule has 1 aromatic heterocycles. The van der Waals surface area contributed by atoms with Crippen LogP contribution in [0.15, 0.2) is 36.7 Å². The van der Waals surface area contributed by atoms with Crippen molar-refractivity contribution in [3.05, 3.63) is 42.4 Å². The lowest BCUT2D eigenvalue weighted by atomic mass is 9.97. The summed E-state index contributed by atoms with van der Waals surface area (Å²) < 4.78 is 49.2. The molecule has 30 heavy (non-hydrogen) atoms. The monoisotopic (exact) mass is 428 g/mol. The van der Waals surface area contributed by atoms with Crippen molar-refractivity contribution in [2.45, 2.75) is 30.5 Å². The maximum Gasteiger partial charge on any atom is 0.434 e. The van der Waals surface area contributed by atoms with Crippen LogP contribution in [0.5, 0.6) is 5.75 Å². The van der Waals surface area contributed by atoms with Crippen molar-refractivity contribution in [3.63, 3.8) is 0 Å². The number of likely N-dealkylation sites (N-methyl/N-ethyl adjacent to an activating group) is 1. The van der Waals surface area contributed by atoms with Crippen LogP contribution in [0.3, 0.4) is 0 Å². The van der Waals surface area contributed by atoms with Gasteiger partial charge in [-0.15, -0.1) is 0 Å². The van der Waals surface area contributed by atoms with E-state index in [-0.39, 0.29) is 19.0 Å². The normalized spacial score (nSPS) is 24.4. The summed E-state index contributed by atoms with van der Waals surface area (Å²) >= 11 is 0. The number of nitrogens with one attached hydrogen (secondary N) is 1. The van der Waals surface area contributed by atoms with E-state index in [2.05, 4.69) is 15.3 Å². The fraction of sp³-hybridized carbons (Fsp3) is 0.474. The number of hydrogen-bond donors (Lipinski definition) is 3. The van der Waals surface area contributed by atoms with Gasteiger partial charge in [-0.2, -0.15) is 13.2 Å². The molecule has 1 aromatic carbocycles. The second-order valence-electron chi connectivity index (χ2n) is 6.97. The molecule has 0 saturated carbocycles. The third-order valence-corrected chi connectivity index (χ3v) is 4.84. The molecular weight excluding hydrogens is 405 g/mol. The van der Waals surface area contributed by atoms with E-state index < -0.39 is 36.2 Å². The first kappa shape index (κ1) is 22.1. The summed E-state index contributed by atoms with van der Waals surface area (Å²) in [6, 6.07) is 6.47. The Labute approximate surface area is 171 Å². The highest BCUT2D eigenvalue weighted by molar-refractivity contribution is 5.50. The van der Waals surface area contributed by atoms with Crippen LogP contribution in [-0.2, 0) is 10.9 Å². The lowest BCUT2D eigenvalue weighted by Gasteiger charge is -2.39. The van der Waals surface area contributed by atoms with Crippen LogP contribution in [-0.4, -0.2) is 71.8 Å². The fourth-order valence-electron chi connectivity index (χ4n) is 3.16. The number of aliphatic hydroxyl groups is 2. The summed E-state index contributed by atoms with van der Waals surface area (Å²) in [5.41, 5.74) is -0.323. The van der Waals surface area contributed by atoms with Gasteiger partial charge in [0.05, 0.1) is 32.2 Å². The van der Waals surface area contributed by atoms with Gasteiger partial charge in [-0.1, -0.05) is 6.07 Å². The number of hydrogen-bond acceptors (Lipinski definition) is 8. The Morgan fingerprint density at radius 2 is 2.03 bits per heavy atom. The molecule has 2 heterocycles. The number of halogens is 3. The van der Waals surface area contributed by atoms with Crippen molar-refractivity contribution in [1.82, 2.24) is 9.97 Å². The zero-order valence-corrected chi connectivity index (χ0v) is 16.4. The first-order chi connectivity index (χ1) is 14.2. The highest BCUT2D eigenvalue weighted by Crippen LogP contribution is 2.28. The third-order valence-electron chi connectivity index (χ3n) is 4.84. The van der Waals surface area contributed by atoms with E-state index in [9.17, 15) is 23.4 Å². The van der Waals surface area contributed by atoms with E-state index in [0.717, 1.165) is 11.9 Å². The molecule has 4 unspecified atom stereocenters. The van der Waals surface area contributed by atoms with Gasteiger partial charge in [0, 0.05) is 25.3 Å². The highest BCUT2D eigenvalue weighted by atomic mass is 19.4. The Morgan fingerprint density at radius 3 is 2.73 bits per heavy atom. The van der Waals surface area contributed by atoms with Gasteiger partial charge in [0.1, 0.15) is 29.9 Å². The van der Waals surface area contributed by atoms with Crippen molar-refractivity contribution < 1.29 is 32.9 Å². The van der Waals surface area contributed by atoms with Gasteiger partial charge in [-0.05, 0) is 12.1 Å². The molecule has 4 atom stereocenters. The molecule has 8 nitrogen and oxygen atoms in total. The molecule has 164 valence electrons. The summed E-state index contributed by atoms with van der Waals surface area (Å²) in [4.78, 5) is 8.81. The fourth-order valence-corrected chi connectivity index (χ4v) is 3.16. The molecule has 0 aliphatic carbocycles. The molecule has 3 N–H and O–H groups in total. The van der Waals surface area contributed by atoms with E-state index in [4.69, 9.17) is 9.47 Å². The van der Waals surface area contributed by atoms with E-state index in [1.54, 1.807) is 20.2 Å². The first-order valence-corrected chi connectivity index (χ1v) is 9.17. The Kier molecular flexibility index (Phi) is 6.64.